The van der Waals surface area contributed by atoms with E-state index in [0.717, 1.165) is 29.7 Å². The molecule has 0 amide bonds. The van der Waals surface area contributed by atoms with E-state index >= 15 is 0 Å². The molecule has 1 saturated carbocycles. The Morgan fingerprint density at radius 3 is 2.95 bits per heavy atom. The summed E-state index contributed by atoms with van der Waals surface area (Å²) in [7, 11) is 0. The maximum atomic E-state index is 13.6. The second-order valence-electron chi connectivity index (χ2n) is 6.58. The average Bonchev–Trinajstić information content (AvgIpc) is 2.75. The molecule has 2 aromatic rings. The van der Waals surface area contributed by atoms with E-state index in [2.05, 4.69) is 23.4 Å². The van der Waals surface area contributed by atoms with Crippen LogP contribution in [0.25, 0.3) is 11.0 Å². The topological polar surface area (TPSA) is 17.8 Å². The molecule has 3 rings (SSSR count). The van der Waals surface area contributed by atoms with Gasteiger partial charge < -0.3 is 4.57 Å². The van der Waals surface area contributed by atoms with Gasteiger partial charge in [-0.1, -0.05) is 20.3 Å². The molecular formula is C16H20ClFN2. The third-order valence-electron chi connectivity index (χ3n) is 4.39. The van der Waals surface area contributed by atoms with Gasteiger partial charge >= 0.3 is 0 Å². The standard InChI is InChI=1S/C16H20ClFN2/c1-16(2)7-3-4-12(9-16)20-14-8-11(18)5-6-13(14)19-15(20)10-17/h5-6,8,12H,3-4,7,9-10H2,1-2H3. The zero-order valence-corrected chi connectivity index (χ0v) is 12.8. The van der Waals surface area contributed by atoms with Gasteiger partial charge in [-0.25, -0.2) is 9.37 Å². The Bertz CT molecular complexity index is 633. The SMILES string of the molecule is CC1(C)CCCC(n2c(CCl)nc3ccc(F)cc32)C1. The van der Waals surface area contributed by atoms with Crippen molar-refractivity contribution in [1.29, 1.82) is 0 Å². The molecule has 0 radical (unpaired) electrons. The van der Waals surface area contributed by atoms with E-state index in [4.69, 9.17) is 11.6 Å². The van der Waals surface area contributed by atoms with Crippen molar-refractivity contribution >= 4 is 22.6 Å². The van der Waals surface area contributed by atoms with Gasteiger partial charge in [-0.05, 0) is 42.9 Å². The van der Waals surface area contributed by atoms with Crippen LogP contribution in [0.2, 0.25) is 0 Å². The van der Waals surface area contributed by atoms with Crippen LogP contribution in [-0.2, 0) is 5.88 Å². The van der Waals surface area contributed by atoms with Crippen LogP contribution in [0, 0.1) is 11.2 Å². The van der Waals surface area contributed by atoms with Gasteiger partial charge in [0.25, 0.3) is 0 Å². The smallest absolute Gasteiger partial charge is 0.125 e. The number of hydrogen-bond donors (Lipinski definition) is 0. The summed E-state index contributed by atoms with van der Waals surface area (Å²) in [6.07, 6.45) is 4.67. The first-order valence-electron chi connectivity index (χ1n) is 7.22. The Labute approximate surface area is 123 Å². The number of hydrogen-bond acceptors (Lipinski definition) is 1. The van der Waals surface area contributed by atoms with Crippen molar-refractivity contribution in [3.8, 4) is 0 Å². The Balaban J connectivity index is 2.11. The predicted octanol–water partition coefficient (Wildman–Crippen LogP) is 5.06. The van der Waals surface area contributed by atoms with Crippen molar-refractivity contribution in [2.45, 2.75) is 51.5 Å². The lowest BCUT2D eigenvalue weighted by atomic mass is 9.75. The molecule has 1 aromatic heterocycles. The van der Waals surface area contributed by atoms with Gasteiger partial charge in [0.2, 0.25) is 0 Å². The molecule has 1 atom stereocenters. The Hall–Kier alpha value is -1.09. The number of alkyl halides is 1. The molecule has 2 nitrogen and oxygen atoms in total. The highest BCUT2D eigenvalue weighted by Gasteiger charge is 2.30. The van der Waals surface area contributed by atoms with E-state index < -0.39 is 0 Å². The van der Waals surface area contributed by atoms with Crippen molar-refractivity contribution in [3.05, 3.63) is 29.8 Å². The van der Waals surface area contributed by atoms with E-state index in [9.17, 15) is 4.39 Å². The molecule has 4 heteroatoms. The Morgan fingerprint density at radius 1 is 1.45 bits per heavy atom. The number of halogens is 2. The van der Waals surface area contributed by atoms with Crippen molar-refractivity contribution < 1.29 is 4.39 Å². The molecule has 0 aliphatic heterocycles. The molecule has 1 fully saturated rings. The summed E-state index contributed by atoms with van der Waals surface area (Å²) in [6.45, 7) is 4.61. The minimum Gasteiger partial charge on any atom is -0.324 e. The first-order valence-corrected chi connectivity index (χ1v) is 7.76. The van der Waals surface area contributed by atoms with Gasteiger partial charge in [0.05, 0.1) is 16.9 Å². The van der Waals surface area contributed by atoms with Gasteiger partial charge in [0, 0.05) is 6.04 Å². The monoisotopic (exact) mass is 294 g/mol. The van der Waals surface area contributed by atoms with E-state index in [-0.39, 0.29) is 5.82 Å². The molecule has 0 saturated heterocycles. The summed E-state index contributed by atoms with van der Waals surface area (Å²) in [4.78, 5) is 4.56. The third-order valence-corrected chi connectivity index (χ3v) is 4.63. The predicted molar refractivity (Wildman–Crippen MR) is 80.5 cm³/mol. The van der Waals surface area contributed by atoms with Gasteiger partial charge in [-0.15, -0.1) is 11.6 Å². The van der Waals surface area contributed by atoms with Crippen molar-refractivity contribution in [2.24, 2.45) is 5.41 Å². The largest absolute Gasteiger partial charge is 0.324 e. The first kappa shape index (κ1) is 13.9. The molecule has 1 unspecified atom stereocenters. The highest BCUT2D eigenvalue weighted by atomic mass is 35.5. The molecule has 0 N–H and O–H groups in total. The van der Waals surface area contributed by atoms with Crippen LogP contribution >= 0.6 is 11.6 Å². The number of imidazole rings is 1. The number of benzene rings is 1. The quantitative estimate of drug-likeness (QED) is 0.708. The van der Waals surface area contributed by atoms with E-state index in [1.165, 1.54) is 18.9 Å². The maximum Gasteiger partial charge on any atom is 0.125 e. The highest BCUT2D eigenvalue weighted by molar-refractivity contribution is 6.16. The summed E-state index contributed by atoms with van der Waals surface area (Å²) in [6, 6.07) is 5.16. The lowest BCUT2D eigenvalue weighted by Gasteiger charge is -2.36. The van der Waals surface area contributed by atoms with Crippen LogP contribution < -0.4 is 0 Å². The zero-order chi connectivity index (χ0) is 14.3. The Morgan fingerprint density at radius 2 is 2.25 bits per heavy atom. The third kappa shape index (κ3) is 2.44. The van der Waals surface area contributed by atoms with Crippen LogP contribution in [0.4, 0.5) is 4.39 Å². The summed E-state index contributed by atoms with van der Waals surface area (Å²) < 4.78 is 15.7. The minimum absolute atomic E-state index is 0.213. The van der Waals surface area contributed by atoms with E-state index in [1.54, 1.807) is 12.1 Å². The lowest BCUT2D eigenvalue weighted by molar-refractivity contribution is 0.184. The first-order chi connectivity index (χ1) is 9.50. The van der Waals surface area contributed by atoms with Crippen molar-refractivity contribution in [1.82, 2.24) is 9.55 Å². The summed E-state index contributed by atoms with van der Waals surface area (Å²) >= 11 is 6.06. The van der Waals surface area contributed by atoms with Crippen LogP contribution in [-0.4, -0.2) is 9.55 Å². The number of fused-ring (bicyclic) bond motifs is 1. The van der Waals surface area contributed by atoms with E-state index in [0.29, 0.717) is 17.3 Å². The molecule has 1 heterocycles. The molecule has 108 valence electrons. The second kappa shape index (κ2) is 5.03. The number of nitrogens with zero attached hydrogens (tertiary/aromatic N) is 2. The second-order valence-corrected chi connectivity index (χ2v) is 6.85. The fraction of sp³-hybridized carbons (Fsp3) is 0.562. The zero-order valence-electron chi connectivity index (χ0n) is 12.0. The van der Waals surface area contributed by atoms with Crippen molar-refractivity contribution in [3.63, 3.8) is 0 Å². The van der Waals surface area contributed by atoms with E-state index in [1.807, 2.05) is 0 Å². The normalized spacial score (nSPS) is 22.3. The van der Waals surface area contributed by atoms with Gasteiger partial charge in [0.15, 0.2) is 0 Å². The number of aromatic nitrogens is 2. The molecular weight excluding hydrogens is 275 g/mol. The van der Waals surface area contributed by atoms with Crippen LogP contribution in [0.15, 0.2) is 18.2 Å². The maximum absolute atomic E-state index is 13.6. The van der Waals surface area contributed by atoms with Crippen LogP contribution in [0.5, 0.6) is 0 Å². The highest BCUT2D eigenvalue weighted by Crippen LogP contribution is 2.42. The van der Waals surface area contributed by atoms with Gasteiger partial charge in [0.1, 0.15) is 11.6 Å². The van der Waals surface area contributed by atoms with Crippen LogP contribution in [0.1, 0.15) is 51.4 Å². The molecule has 0 spiro atoms. The van der Waals surface area contributed by atoms with Crippen LogP contribution in [0.3, 0.4) is 0 Å². The fourth-order valence-electron chi connectivity index (χ4n) is 3.50. The molecule has 1 aromatic carbocycles. The van der Waals surface area contributed by atoms with Crippen molar-refractivity contribution in [2.75, 3.05) is 0 Å². The summed E-state index contributed by atoms with van der Waals surface area (Å²) in [5, 5.41) is 0. The molecule has 1 aliphatic rings. The summed E-state index contributed by atoms with van der Waals surface area (Å²) in [5.74, 6) is 1.01. The molecule has 20 heavy (non-hydrogen) atoms. The lowest BCUT2D eigenvalue weighted by Crippen LogP contribution is -2.25. The van der Waals surface area contributed by atoms with Gasteiger partial charge in [-0.3, -0.25) is 0 Å². The minimum atomic E-state index is -0.213. The number of rotatable bonds is 2. The molecule has 1 aliphatic carbocycles. The molecule has 0 bridgehead atoms. The Kier molecular flexibility index (Phi) is 3.49. The average molecular weight is 295 g/mol. The summed E-state index contributed by atoms with van der Waals surface area (Å²) in [5.41, 5.74) is 2.05. The fourth-order valence-corrected chi connectivity index (χ4v) is 3.68. The van der Waals surface area contributed by atoms with Gasteiger partial charge in [-0.2, -0.15) is 0 Å².